The number of anilines is 1. The standard InChI is InChI=1S/C27H24N4O4S/c1-28-26(32)22-8-3-4-9-25(22)36-20-11-12-21-23(30-31-24(21)17-20)13-10-18-6-5-7-19(16-18)29-27(33)35-15-14-34-2/h3-9,11-12,16-17H,14-15H2,1-2H3,(H,28,32)(H,29,33)(H,30,31). The van der Waals surface area contributed by atoms with Gasteiger partial charge < -0.3 is 14.8 Å². The van der Waals surface area contributed by atoms with E-state index in [1.807, 2.05) is 42.5 Å². The van der Waals surface area contributed by atoms with Gasteiger partial charge in [0.25, 0.3) is 5.91 Å². The van der Waals surface area contributed by atoms with Gasteiger partial charge in [0.05, 0.1) is 17.7 Å². The van der Waals surface area contributed by atoms with Crippen molar-refractivity contribution in [3.8, 4) is 11.8 Å². The second kappa shape index (κ2) is 11.9. The molecular formula is C27H24N4O4S. The van der Waals surface area contributed by atoms with Gasteiger partial charge in [-0.2, -0.15) is 5.10 Å². The van der Waals surface area contributed by atoms with Gasteiger partial charge in [-0.3, -0.25) is 15.2 Å². The molecule has 36 heavy (non-hydrogen) atoms. The minimum atomic E-state index is -0.554. The number of aromatic nitrogens is 2. The van der Waals surface area contributed by atoms with Crippen LogP contribution in [0.5, 0.6) is 0 Å². The molecule has 0 aliphatic heterocycles. The molecule has 0 radical (unpaired) electrons. The zero-order chi connectivity index (χ0) is 25.3. The highest BCUT2D eigenvalue weighted by molar-refractivity contribution is 7.99. The maximum absolute atomic E-state index is 12.2. The highest BCUT2D eigenvalue weighted by Gasteiger charge is 2.12. The fourth-order valence-corrected chi connectivity index (χ4v) is 4.32. The van der Waals surface area contributed by atoms with Crippen LogP contribution in [-0.4, -0.2) is 49.6 Å². The number of methoxy groups -OCH3 is 1. The number of nitrogens with one attached hydrogen (secondary N) is 3. The molecule has 2 amide bonds. The average Bonchev–Trinajstić information content (AvgIpc) is 3.30. The molecule has 0 saturated carbocycles. The summed E-state index contributed by atoms with van der Waals surface area (Å²) in [5.41, 5.74) is 3.38. The zero-order valence-corrected chi connectivity index (χ0v) is 20.6. The molecular weight excluding hydrogens is 476 g/mol. The molecule has 0 atom stereocenters. The third-order valence-electron chi connectivity index (χ3n) is 5.08. The SMILES string of the molecule is CNC(=O)c1ccccc1Sc1ccc2c(C#Cc3cccc(NC(=O)OCCOC)c3)n[nH]c2c1. The number of nitrogens with zero attached hydrogens (tertiary/aromatic N) is 1. The van der Waals surface area contributed by atoms with Crippen LogP contribution in [0.3, 0.4) is 0 Å². The summed E-state index contributed by atoms with van der Waals surface area (Å²) >= 11 is 1.51. The summed E-state index contributed by atoms with van der Waals surface area (Å²) in [7, 11) is 3.16. The predicted octanol–water partition coefficient (Wildman–Crippen LogP) is 4.67. The molecule has 9 heteroatoms. The van der Waals surface area contributed by atoms with Crippen LogP contribution in [0.15, 0.2) is 76.5 Å². The summed E-state index contributed by atoms with van der Waals surface area (Å²) in [4.78, 5) is 25.8. The van der Waals surface area contributed by atoms with Crippen LogP contribution in [0.1, 0.15) is 21.6 Å². The van der Waals surface area contributed by atoms with Gasteiger partial charge in [0.15, 0.2) is 0 Å². The quantitative estimate of drug-likeness (QED) is 0.252. The lowest BCUT2D eigenvalue weighted by Crippen LogP contribution is -2.18. The second-order valence-electron chi connectivity index (χ2n) is 7.54. The van der Waals surface area contributed by atoms with Crippen LogP contribution in [0.25, 0.3) is 10.9 Å². The van der Waals surface area contributed by atoms with Crippen molar-refractivity contribution in [3.63, 3.8) is 0 Å². The highest BCUT2D eigenvalue weighted by Crippen LogP contribution is 2.32. The molecule has 3 N–H and O–H groups in total. The molecule has 182 valence electrons. The number of hydrogen-bond donors (Lipinski definition) is 3. The summed E-state index contributed by atoms with van der Waals surface area (Å²) in [6.07, 6.45) is -0.554. The molecule has 0 fully saturated rings. The fraction of sp³-hybridized carbons (Fsp3) is 0.148. The number of ether oxygens (including phenoxy) is 2. The molecule has 0 spiro atoms. The van der Waals surface area contributed by atoms with E-state index in [1.54, 1.807) is 38.4 Å². The molecule has 4 rings (SSSR count). The first-order valence-corrected chi connectivity index (χ1v) is 11.9. The Hall–Kier alpha value is -4.26. The van der Waals surface area contributed by atoms with Crippen LogP contribution in [0.2, 0.25) is 0 Å². The van der Waals surface area contributed by atoms with Crippen LogP contribution in [0.4, 0.5) is 10.5 Å². The molecule has 1 aromatic heterocycles. The third-order valence-corrected chi connectivity index (χ3v) is 6.14. The largest absolute Gasteiger partial charge is 0.447 e. The van der Waals surface area contributed by atoms with Gasteiger partial charge in [-0.05, 0) is 54.5 Å². The monoisotopic (exact) mass is 500 g/mol. The fourth-order valence-electron chi connectivity index (χ4n) is 3.34. The molecule has 3 aromatic carbocycles. The van der Waals surface area contributed by atoms with Gasteiger partial charge >= 0.3 is 6.09 Å². The van der Waals surface area contributed by atoms with Crippen molar-refractivity contribution in [1.82, 2.24) is 15.5 Å². The number of benzene rings is 3. The van der Waals surface area contributed by atoms with Crippen molar-refractivity contribution < 1.29 is 19.1 Å². The van der Waals surface area contributed by atoms with E-state index in [2.05, 4.69) is 32.7 Å². The Balaban J connectivity index is 1.49. The second-order valence-corrected chi connectivity index (χ2v) is 8.66. The summed E-state index contributed by atoms with van der Waals surface area (Å²) in [6.45, 7) is 0.509. The summed E-state index contributed by atoms with van der Waals surface area (Å²) in [5.74, 6) is 6.06. The Bertz CT molecular complexity index is 1450. The summed E-state index contributed by atoms with van der Waals surface area (Å²) in [6, 6.07) is 20.6. The van der Waals surface area contributed by atoms with Gasteiger partial charge in [-0.1, -0.05) is 35.9 Å². The van der Waals surface area contributed by atoms with Gasteiger partial charge in [0.2, 0.25) is 0 Å². The molecule has 0 unspecified atom stereocenters. The van der Waals surface area contributed by atoms with Gasteiger partial charge in [0.1, 0.15) is 12.3 Å². The first-order valence-electron chi connectivity index (χ1n) is 11.1. The van der Waals surface area contributed by atoms with Crippen molar-refractivity contribution in [2.75, 3.05) is 32.7 Å². The Morgan fingerprint density at radius 2 is 1.89 bits per heavy atom. The van der Waals surface area contributed by atoms with Crippen LogP contribution in [-0.2, 0) is 9.47 Å². The van der Waals surface area contributed by atoms with Crippen LogP contribution < -0.4 is 10.6 Å². The number of carbonyl (C=O) groups excluding carboxylic acids is 2. The first kappa shape index (κ1) is 24.9. The van der Waals surface area contributed by atoms with Crippen molar-refractivity contribution in [2.24, 2.45) is 0 Å². The lowest BCUT2D eigenvalue weighted by atomic mass is 10.1. The van der Waals surface area contributed by atoms with E-state index in [9.17, 15) is 9.59 Å². The minimum absolute atomic E-state index is 0.125. The molecule has 8 nitrogen and oxygen atoms in total. The Morgan fingerprint density at radius 3 is 2.72 bits per heavy atom. The van der Waals surface area contributed by atoms with Gasteiger partial charge in [0, 0.05) is 40.6 Å². The lowest BCUT2D eigenvalue weighted by molar-refractivity contribution is 0.0960. The molecule has 0 bridgehead atoms. The Kier molecular flexibility index (Phi) is 8.24. The van der Waals surface area contributed by atoms with E-state index in [0.717, 1.165) is 26.3 Å². The van der Waals surface area contributed by atoms with E-state index in [1.165, 1.54) is 11.8 Å². The smallest absolute Gasteiger partial charge is 0.411 e. The highest BCUT2D eigenvalue weighted by atomic mass is 32.2. The third kappa shape index (κ3) is 6.24. The maximum Gasteiger partial charge on any atom is 0.411 e. The van der Waals surface area contributed by atoms with Crippen LogP contribution in [0, 0.1) is 11.8 Å². The summed E-state index contributed by atoms with van der Waals surface area (Å²) in [5, 5.41) is 13.6. The van der Waals surface area contributed by atoms with Crippen molar-refractivity contribution in [2.45, 2.75) is 9.79 Å². The summed E-state index contributed by atoms with van der Waals surface area (Å²) < 4.78 is 9.88. The number of fused-ring (bicyclic) bond motifs is 1. The number of H-pyrrole nitrogens is 1. The number of hydrogen-bond acceptors (Lipinski definition) is 6. The molecule has 1 heterocycles. The first-order chi connectivity index (χ1) is 17.6. The number of rotatable bonds is 7. The van der Waals surface area contributed by atoms with E-state index in [4.69, 9.17) is 9.47 Å². The van der Waals surface area contributed by atoms with Crippen molar-refractivity contribution >= 4 is 40.4 Å². The Morgan fingerprint density at radius 1 is 1.03 bits per heavy atom. The van der Waals surface area contributed by atoms with E-state index in [-0.39, 0.29) is 12.5 Å². The van der Waals surface area contributed by atoms with Gasteiger partial charge in [-0.25, -0.2) is 4.79 Å². The van der Waals surface area contributed by atoms with Crippen molar-refractivity contribution in [3.05, 3.63) is 83.6 Å². The predicted molar refractivity (Wildman–Crippen MR) is 139 cm³/mol. The maximum atomic E-state index is 12.2. The molecule has 4 aromatic rings. The van der Waals surface area contributed by atoms with Crippen LogP contribution >= 0.6 is 11.8 Å². The molecule has 0 aliphatic carbocycles. The number of carbonyl (C=O) groups is 2. The number of aromatic amines is 1. The van der Waals surface area contributed by atoms with Gasteiger partial charge in [-0.15, -0.1) is 0 Å². The molecule has 0 aliphatic rings. The zero-order valence-electron chi connectivity index (χ0n) is 19.8. The molecule has 0 saturated heterocycles. The normalized spacial score (nSPS) is 10.4. The topological polar surface area (TPSA) is 105 Å². The van der Waals surface area contributed by atoms with E-state index in [0.29, 0.717) is 23.6 Å². The number of amides is 2. The van der Waals surface area contributed by atoms with Crippen molar-refractivity contribution in [1.29, 1.82) is 0 Å². The lowest BCUT2D eigenvalue weighted by Gasteiger charge is -2.08. The van der Waals surface area contributed by atoms with E-state index >= 15 is 0 Å². The minimum Gasteiger partial charge on any atom is -0.447 e. The van der Waals surface area contributed by atoms with E-state index < -0.39 is 6.09 Å². The Labute approximate surface area is 212 Å². The average molecular weight is 501 g/mol.